The zero-order valence-corrected chi connectivity index (χ0v) is 13.1. The molecule has 116 valence electrons. The molecule has 0 aromatic carbocycles. The van der Waals surface area contributed by atoms with Gasteiger partial charge in [-0.25, -0.2) is 8.42 Å². The van der Waals surface area contributed by atoms with Crippen LogP contribution >= 0.6 is 0 Å². The van der Waals surface area contributed by atoms with Crippen LogP contribution in [0.15, 0.2) is 0 Å². The SMILES string of the molecule is CCN(CC1CCNCC1)C(=O)CC1CCS(=O)(=O)C1. The molecule has 2 aliphatic rings. The van der Waals surface area contributed by atoms with Crippen molar-refractivity contribution in [2.75, 3.05) is 37.7 Å². The number of amides is 1. The lowest BCUT2D eigenvalue weighted by Gasteiger charge is -2.30. The molecule has 0 saturated carbocycles. The number of sulfone groups is 1. The van der Waals surface area contributed by atoms with E-state index in [2.05, 4.69) is 5.32 Å². The maximum Gasteiger partial charge on any atom is 0.222 e. The van der Waals surface area contributed by atoms with Gasteiger partial charge in [0.05, 0.1) is 11.5 Å². The minimum atomic E-state index is -2.88. The molecule has 1 atom stereocenters. The molecular formula is C14H26N2O3S. The second-order valence-corrected chi connectivity index (χ2v) is 8.33. The topological polar surface area (TPSA) is 66.5 Å². The highest BCUT2D eigenvalue weighted by molar-refractivity contribution is 7.91. The van der Waals surface area contributed by atoms with Crippen LogP contribution in [0.4, 0.5) is 0 Å². The molecule has 1 N–H and O–H groups in total. The number of hydrogen-bond acceptors (Lipinski definition) is 4. The third-order valence-electron chi connectivity index (χ3n) is 4.46. The van der Waals surface area contributed by atoms with Crippen molar-refractivity contribution >= 4 is 15.7 Å². The molecule has 20 heavy (non-hydrogen) atoms. The van der Waals surface area contributed by atoms with Crippen LogP contribution in [0, 0.1) is 11.8 Å². The first kappa shape index (κ1) is 15.8. The van der Waals surface area contributed by atoms with E-state index in [1.165, 1.54) is 0 Å². The zero-order chi connectivity index (χ0) is 14.6. The molecule has 2 saturated heterocycles. The van der Waals surface area contributed by atoms with Crippen molar-refractivity contribution in [3.8, 4) is 0 Å². The van der Waals surface area contributed by atoms with Crippen molar-refractivity contribution in [3.05, 3.63) is 0 Å². The highest BCUT2D eigenvalue weighted by atomic mass is 32.2. The van der Waals surface area contributed by atoms with Gasteiger partial charge >= 0.3 is 0 Å². The van der Waals surface area contributed by atoms with Gasteiger partial charge in [-0.05, 0) is 51.1 Å². The highest BCUT2D eigenvalue weighted by Crippen LogP contribution is 2.23. The summed E-state index contributed by atoms with van der Waals surface area (Å²) >= 11 is 0. The lowest BCUT2D eigenvalue weighted by molar-refractivity contribution is -0.132. The molecule has 0 bridgehead atoms. The lowest BCUT2D eigenvalue weighted by Crippen LogP contribution is -2.39. The Kier molecular flexibility index (Phi) is 5.43. The molecule has 2 rings (SSSR count). The Morgan fingerprint density at radius 2 is 1.90 bits per heavy atom. The average Bonchev–Trinajstić information content (AvgIpc) is 2.76. The summed E-state index contributed by atoms with van der Waals surface area (Å²) in [6.07, 6.45) is 3.31. The second kappa shape index (κ2) is 6.89. The van der Waals surface area contributed by atoms with Gasteiger partial charge in [-0.1, -0.05) is 0 Å². The summed E-state index contributed by atoms with van der Waals surface area (Å²) in [6, 6.07) is 0. The molecule has 0 aromatic rings. The summed E-state index contributed by atoms with van der Waals surface area (Å²) < 4.78 is 22.9. The van der Waals surface area contributed by atoms with E-state index in [9.17, 15) is 13.2 Å². The summed E-state index contributed by atoms with van der Waals surface area (Å²) in [7, 11) is -2.88. The Balaban J connectivity index is 1.82. The molecule has 5 nitrogen and oxygen atoms in total. The maximum atomic E-state index is 12.3. The van der Waals surface area contributed by atoms with Gasteiger partial charge in [-0.15, -0.1) is 0 Å². The van der Waals surface area contributed by atoms with Crippen LogP contribution in [0.1, 0.15) is 32.6 Å². The maximum absolute atomic E-state index is 12.3. The first-order valence-electron chi connectivity index (χ1n) is 7.69. The molecular weight excluding hydrogens is 276 g/mol. The minimum absolute atomic E-state index is 0.0366. The van der Waals surface area contributed by atoms with Gasteiger partial charge in [-0.2, -0.15) is 0 Å². The monoisotopic (exact) mass is 302 g/mol. The van der Waals surface area contributed by atoms with Crippen molar-refractivity contribution < 1.29 is 13.2 Å². The van der Waals surface area contributed by atoms with Crippen molar-refractivity contribution in [1.29, 1.82) is 0 Å². The fourth-order valence-corrected chi connectivity index (χ4v) is 5.05. The molecule has 0 spiro atoms. The van der Waals surface area contributed by atoms with Gasteiger partial charge in [0.25, 0.3) is 0 Å². The summed E-state index contributed by atoms with van der Waals surface area (Å²) in [5.41, 5.74) is 0. The van der Waals surface area contributed by atoms with E-state index < -0.39 is 9.84 Å². The fraction of sp³-hybridized carbons (Fsp3) is 0.929. The van der Waals surface area contributed by atoms with E-state index in [0.29, 0.717) is 18.8 Å². The van der Waals surface area contributed by atoms with E-state index >= 15 is 0 Å². The minimum Gasteiger partial charge on any atom is -0.343 e. The molecule has 2 heterocycles. The zero-order valence-electron chi connectivity index (χ0n) is 12.3. The Bertz CT molecular complexity index is 430. The Morgan fingerprint density at radius 3 is 2.45 bits per heavy atom. The summed E-state index contributed by atoms with van der Waals surface area (Å²) in [4.78, 5) is 14.2. The molecule has 1 amide bonds. The Morgan fingerprint density at radius 1 is 1.20 bits per heavy atom. The van der Waals surface area contributed by atoms with Crippen molar-refractivity contribution in [2.24, 2.45) is 11.8 Å². The molecule has 6 heteroatoms. The smallest absolute Gasteiger partial charge is 0.222 e. The molecule has 0 radical (unpaired) electrons. The van der Waals surface area contributed by atoms with E-state index in [0.717, 1.165) is 39.0 Å². The third-order valence-corrected chi connectivity index (χ3v) is 6.30. The molecule has 1 unspecified atom stereocenters. The third kappa shape index (κ3) is 4.45. The van der Waals surface area contributed by atoms with Crippen LogP contribution in [0.25, 0.3) is 0 Å². The van der Waals surface area contributed by atoms with Gasteiger partial charge in [0.1, 0.15) is 0 Å². The van der Waals surface area contributed by atoms with E-state index in [1.807, 2.05) is 11.8 Å². The second-order valence-electron chi connectivity index (χ2n) is 6.10. The van der Waals surface area contributed by atoms with Gasteiger partial charge in [0.15, 0.2) is 9.84 Å². The standard InChI is InChI=1S/C14H26N2O3S/c1-2-16(10-12-3-6-15-7-4-12)14(17)9-13-5-8-20(18,19)11-13/h12-13,15H,2-11H2,1H3. The normalized spacial score (nSPS) is 26.6. The molecule has 2 fully saturated rings. The van der Waals surface area contributed by atoms with Gasteiger partial charge < -0.3 is 10.2 Å². The van der Waals surface area contributed by atoms with Gasteiger partial charge in [0, 0.05) is 19.5 Å². The first-order valence-corrected chi connectivity index (χ1v) is 9.51. The number of nitrogens with one attached hydrogen (secondary N) is 1. The van der Waals surface area contributed by atoms with Crippen LogP contribution in [-0.2, 0) is 14.6 Å². The van der Waals surface area contributed by atoms with Crippen LogP contribution in [0.2, 0.25) is 0 Å². The predicted molar refractivity (Wildman–Crippen MR) is 79.2 cm³/mol. The first-order chi connectivity index (χ1) is 9.50. The quantitative estimate of drug-likeness (QED) is 0.810. The number of carbonyl (C=O) groups excluding carboxylic acids is 1. The molecule has 0 aromatic heterocycles. The predicted octanol–water partition coefficient (Wildman–Crippen LogP) is 0.659. The van der Waals surface area contributed by atoms with Crippen LogP contribution in [-0.4, -0.2) is 56.9 Å². The number of hydrogen-bond donors (Lipinski definition) is 1. The largest absolute Gasteiger partial charge is 0.343 e. The van der Waals surface area contributed by atoms with E-state index in [4.69, 9.17) is 0 Å². The van der Waals surface area contributed by atoms with Crippen LogP contribution < -0.4 is 5.32 Å². The van der Waals surface area contributed by atoms with E-state index in [-0.39, 0.29) is 23.3 Å². The van der Waals surface area contributed by atoms with E-state index in [1.54, 1.807) is 0 Å². The molecule has 2 aliphatic heterocycles. The highest BCUT2D eigenvalue weighted by Gasteiger charge is 2.31. The summed E-state index contributed by atoms with van der Waals surface area (Å²) in [5, 5.41) is 3.33. The van der Waals surface area contributed by atoms with Crippen LogP contribution in [0.3, 0.4) is 0 Å². The van der Waals surface area contributed by atoms with Gasteiger partial charge in [-0.3, -0.25) is 4.79 Å². The Labute approximate surface area is 122 Å². The average molecular weight is 302 g/mol. The number of nitrogens with zero attached hydrogens (tertiary/aromatic N) is 1. The number of carbonyl (C=O) groups is 1. The van der Waals surface area contributed by atoms with Crippen LogP contribution in [0.5, 0.6) is 0 Å². The van der Waals surface area contributed by atoms with Gasteiger partial charge in [0.2, 0.25) is 5.91 Å². The number of rotatable bonds is 5. The number of piperidine rings is 1. The van der Waals surface area contributed by atoms with Crippen molar-refractivity contribution in [3.63, 3.8) is 0 Å². The fourth-order valence-electron chi connectivity index (χ4n) is 3.19. The van der Waals surface area contributed by atoms with Crippen molar-refractivity contribution in [2.45, 2.75) is 32.6 Å². The summed E-state index contributed by atoms with van der Waals surface area (Å²) in [5.74, 6) is 1.21. The molecule has 0 aliphatic carbocycles. The Hall–Kier alpha value is -0.620. The lowest BCUT2D eigenvalue weighted by atomic mass is 9.97. The summed E-state index contributed by atoms with van der Waals surface area (Å²) in [6.45, 7) is 5.64. The van der Waals surface area contributed by atoms with Crippen molar-refractivity contribution in [1.82, 2.24) is 10.2 Å².